The predicted octanol–water partition coefficient (Wildman–Crippen LogP) is 7.92. The Balaban J connectivity index is 2.01. The molecule has 1 aliphatic rings. The van der Waals surface area contributed by atoms with Gasteiger partial charge in [-0.15, -0.1) is 0 Å². The topological polar surface area (TPSA) is 29.5 Å². The van der Waals surface area contributed by atoms with Crippen molar-refractivity contribution in [3.05, 3.63) is 46.6 Å². The molecule has 2 nitrogen and oxygen atoms in total. The standard InChI is InChI=1S/C27H42O2/c1-9-19(2)14-21(4)15-20(3)10-12-26(6,7)18-27(8)13-11-23-17-24(28)16-22(5)25(23)29-27/h10,14,16-17,21,28H,9,11-13,15,18H2,1-8H3/b19-14+,20-10+. The van der Waals surface area contributed by atoms with Crippen molar-refractivity contribution in [1.82, 2.24) is 0 Å². The van der Waals surface area contributed by atoms with Crippen LogP contribution in [0, 0.1) is 18.3 Å². The number of ether oxygens (including phenoxy) is 1. The molecule has 0 fully saturated rings. The number of phenols is 1. The molecule has 0 aromatic heterocycles. The Labute approximate surface area is 179 Å². The van der Waals surface area contributed by atoms with E-state index >= 15 is 0 Å². The lowest BCUT2D eigenvalue weighted by Crippen LogP contribution is -2.40. The van der Waals surface area contributed by atoms with E-state index in [9.17, 15) is 5.11 Å². The summed E-state index contributed by atoms with van der Waals surface area (Å²) in [5.41, 5.74) is 5.15. The molecule has 1 aromatic carbocycles. The van der Waals surface area contributed by atoms with Crippen LogP contribution < -0.4 is 4.74 Å². The summed E-state index contributed by atoms with van der Waals surface area (Å²) in [4.78, 5) is 0. The molecular weight excluding hydrogens is 356 g/mol. The van der Waals surface area contributed by atoms with Gasteiger partial charge in [-0.1, -0.05) is 51.0 Å². The molecule has 0 bridgehead atoms. The number of aromatic hydroxyl groups is 1. The fourth-order valence-electron chi connectivity index (χ4n) is 4.77. The van der Waals surface area contributed by atoms with Gasteiger partial charge >= 0.3 is 0 Å². The van der Waals surface area contributed by atoms with Gasteiger partial charge in [0, 0.05) is 0 Å². The summed E-state index contributed by atoms with van der Waals surface area (Å²) < 4.78 is 6.53. The molecule has 0 saturated heterocycles. The van der Waals surface area contributed by atoms with Crippen molar-refractivity contribution in [3.8, 4) is 11.5 Å². The number of allylic oxidation sites excluding steroid dienone is 4. The Hall–Kier alpha value is -1.70. The second kappa shape index (κ2) is 9.41. The molecule has 2 atom stereocenters. The lowest BCUT2D eigenvalue weighted by atomic mass is 9.75. The third-order valence-electron chi connectivity index (χ3n) is 6.23. The maximum atomic E-state index is 9.87. The minimum absolute atomic E-state index is 0.158. The predicted molar refractivity (Wildman–Crippen MR) is 125 cm³/mol. The van der Waals surface area contributed by atoms with Crippen molar-refractivity contribution in [2.24, 2.45) is 11.3 Å². The van der Waals surface area contributed by atoms with Gasteiger partial charge in [-0.2, -0.15) is 0 Å². The third-order valence-corrected chi connectivity index (χ3v) is 6.23. The van der Waals surface area contributed by atoms with Crippen molar-refractivity contribution < 1.29 is 9.84 Å². The Bertz CT molecular complexity index is 769. The molecule has 29 heavy (non-hydrogen) atoms. The lowest BCUT2D eigenvalue weighted by Gasteiger charge is -2.41. The van der Waals surface area contributed by atoms with E-state index in [4.69, 9.17) is 4.74 Å². The molecule has 1 N–H and O–H groups in total. The van der Waals surface area contributed by atoms with Gasteiger partial charge in [0.05, 0.1) is 0 Å². The number of aryl methyl sites for hydroxylation is 2. The van der Waals surface area contributed by atoms with Gasteiger partial charge in [0.2, 0.25) is 0 Å². The number of fused-ring (bicyclic) bond motifs is 1. The van der Waals surface area contributed by atoms with Gasteiger partial charge in [-0.05, 0) is 101 Å². The van der Waals surface area contributed by atoms with E-state index in [1.54, 1.807) is 6.07 Å². The molecule has 162 valence electrons. The van der Waals surface area contributed by atoms with Crippen LogP contribution in [0.1, 0.15) is 91.7 Å². The second-order valence-electron chi connectivity index (χ2n) is 10.4. The van der Waals surface area contributed by atoms with Gasteiger partial charge in [-0.25, -0.2) is 0 Å². The molecule has 1 heterocycles. The van der Waals surface area contributed by atoms with Crippen LogP contribution in [-0.4, -0.2) is 10.7 Å². The smallest absolute Gasteiger partial charge is 0.126 e. The summed E-state index contributed by atoms with van der Waals surface area (Å²) in [6.07, 6.45) is 11.2. The molecule has 2 unspecified atom stereocenters. The fraction of sp³-hybridized carbons (Fsp3) is 0.630. The lowest BCUT2D eigenvalue weighted by molar-refractivity contribution is 0.0203. The maximum Gasteiger partial charge on any atom is 0.126 e. The van der Waals surface area contributed by atoms with Crippen molar-refractivity contribution in [3.63, 3.8) is 0 Å². The maximum absolute atomic E-state index is 9.87. The van der Waals surface area contributed by atoms with Crippen molar-refractivity contribution >= 4 is 0 Å². The van der Waals surface area contributed by atoms with Gasteiger partial charge < -0.3 is 9.84 Å². The molecule has 0 saturated carbocycles. The van der Waals surface area contributed by atoms with Crippen LogP contribution in [0.15, 0.2) is 35.4 Å². The first-order chi connectivity index (χ1) is 13.4. The average Bonchev–Trinajstić information content (AvgIpc) is 2.60. The van der Waals surface area contributed by atoms with E-state index in [1.165, 1.54) is 11.1 Å². The summed E-state index contributed by atoms with van der Waals surface area (Å²) in [7, 11) is 0. The van der Waals surface area contributed by atoms with Crippen LogP contribution >= 0.6 is 0 Å². The van der Waals surface area contributed by atoms with Crippen LogP contribution in [-0.2, 0) is 6.42 Å². The number of hydrogen-bond donors (Lipinski definition) is 1. The van der Waals surface area contributed by atoms with Crippen molar-refractivity contribution in [1.29, 1.82) is 0 Å². The third kappa shape index (κ3) is 6.94. The molecule has 2 heteroatoms. The van der Waals surface area contributed by atoms with Gasteiger partial charge in [0.25, 0.3) is 0 Å². The molecule has 0 amide bonds. The summed E-state index contributed by atoms with van der Waals surface area (Å²) in [5.74, 6) is 1.92. The quantitative estimate of drug-likeness (QED) is 0.451. The highest BCUT2D eigenvalue weighted by Crippen LogP contribution is 2.43. The number of hydrogen-bond acceptors (Lipinski definition) is 2. The molecular formula is C27H42O2. The SMILES string of the molecule is CC/C(C)=C/C(C)C/C(C)=C/CC(C)(C)CC1(C)CCc2cc(O)cc(C)c2O1. The number of phenolic OH excluding ortho intramolecular Hbond substituents is 1. The highest BCUT2D eigenvalue weighted by Gasteiger charge is 2.37. The van der Waals surface area contributed by atoms with Gasteiger partial charge in [0.15, 0.2) is 0 Å². The summed E-state index contributed by atoms with van der Waals surface area (Å²) in [6, 6.07) is 3.66. The largest absolute Gasteiger partial charge is 0.508 e. The Kier molecular flexibility index (Phi) is 7.65. The van der Waals surface area contributed by atoms with Crippen LogP contribution in [0.5, 0.6) is 11.5 Å². The van der Waals surface area contributed by atoms with E-state index in [0.717, 1.165) is 55.4 Å². The fourth-order valence-corrected chi connectivity index (χ4v) is 4.77. The zero-order valence-electron chi connectivity index (χ0n) is 20.0. The number of rotatable bonds is 8. The van der Waals surface area contributed by atoms with Crippen LogP contribution in [0.3, 0.4) is 0 Å². The molecule has 1 aromatic rings. The summed E-state index contributed by atoms with van der Waals surface area (Å²) in [5, 5.41) is 9.87. The van der Waals surface area contributed by atoms with Crippen LogP contribution in [0.25, 0.3) is 0 Å². The molecule has 1 aliphatic heterocycles. The van der Waals surface area contributed by atoms with Crippen molar-refractivity contribution in [2.45, 2.75) is 99.5 Å². The minimum atomic E-state index is -0.158. The zero-order valence-corrected chi connectivity index (χ0v) is 20.0. The van der Waals surface area contributed by atoms with Crippen molar-refractivity contribution in [2.75, 3.05) is 0 Å². The Morgan fingerprint density at radius 3 is 2.62 bits per heavy atom. The highest BCUT2D eigenvalue weighted by molar-refractivity contribution is 5.47. The molecule has 0 aliphatic carbocycles. The van der Waals surface area contributed by atoms with E-state index in [-0.39, 0.29) is 11.0 Å². The summed E-state index contributed by atoms with van der Waals surface area (Å²) in [6.45, 7) is 18.0. The highest BCUT2D eigenvalue weighted by atomic mass is 16.5. The normalized spacial score (nSPS) is 21.5. The van der Waals surface area contributed by atoms with Crippen LogP contribution in [0.4, 0.5) is 0 Å². The zero-order chi connectivity index (χ0) is 21.8. The minimum Gasteiger partial charge on any atom is -0.508 e. The summed E-state index contributed by atoms with van der Waals surface area (Å²) >= 11 is 0. The molecule has 2 rings (SSSR count). The van der Waals surface area contributed by atoms with Crippen LogP contribution in [0.2, 0.25) is 0 Å². The first-order valence-corrected chi connectivity index (χ1v) is 11.3. The monoisotopic (exact) mass is 398 g/mol. The Morgan fingerprint density at radius 1 is 1.28 bits per heavy atom. The first kappa shape index (κ1) is 23.6. The van der Waals surface area contributed by atoms with E-state index < -0.39 is 0 Å². The number of benzene rings is 1. The molecule has 0 radical (unpaired) electrons. The first-order valence-electron chi connectivity index (χ1n) is 11.3. The Morgan fingerprint density at radius 2 is 1.97 bits per heavy atom. The van der Waals surface area contributed by atoms with E-state index in [0.29, 0.717) is 11.7 Å². The average molecular weight is 399 g/mol. The van der Waals surface area contributed by atoms with Gasteiger partial charge in [-0.3, -0.25) is 0 Å². The van der Waals surface area contributed by atoms with Gasteiger partial charge in [0.1, 0.15) is 17.1 Å². The van der Waals surface area contributed by atoms with E-state index in [2.05, 4.69) is 60.6 Å². The molecule has 0 spiro atoms. The van der Waals surface area contributed by atoms with E-state index in [1.807, 2.05) is 13.0 Å². The second-order valence-corrected chi connectivity index (χ2v) is 10.4.